The molecular formula is C13H10BrN3O3S. The zero-order valence-electron chi connectivity index (χ0n) is 10.7. The number of carbonyl (C=O) groups excluding carboxylic acids is 1. The first-order valence-electron chi connectivity index (χ1n) is 5.97. The Morgan fingerprint density at radius 3 is 2.71 bits per heavy atom. The highest BCUT2D eigenvalue weighted by atomic mass is 79.9. The first-order valence-corrected chi connectivity index (χ1v) is 8.20. The van der Waals surface area contributed by atoms with E-state index in [0.29, 0.717) is 11.3 Å². The van der Waals surface area contributed by atoms with E-state index in [9.17, 15) is 13.2 Å². The fourth-order valence-corrected chi connectivity index (χ4v) is 3.97. The second-order valence-corrected chi connectivity index (χ2v) is 7.21. The average Bonchev–Trinajstić information content (AvgIpc) is 2.63. The number of anilines is 1. The molecule has 0 radical (unpaired) electrons. The van der Waals surface area contributed by atoms with Crippen molar-refractivity contribution in [3.05, 3.63) is 52.1 Å². The minimum absolute atomic E-state index is 0.0909. The summed E-state index contributed by atoms with van der Waals surface area (Å²) in [5, 5.41) is -0.203. The van der Waals surface area contributed by atoms with E-state index in [2.05, 4.69) is 20.9 Å². The van der Waals surface area contributed by atoms with E-state index in [-0.39, 0.29) is 17.1 Å². The summed E-state index contributed by atoms with van der Waals surface area (Å²) in [6.45, 7) is -0.114. The Balaban J connectivity index is 2.03. The van der Waals surface area contributed by atoms with Gasteiger partial charge in [0.05, 0.1) is 12.1 Å². The van der Waals surface area contributed by atoms with Gasteiger partial charge in [-0.25, -0.2) is 9.29 Å². The molecule has 0 bridgehead atoms. The molecule has 1 aromatic carbocycles. The van der Waals surface area contributed by atoms with Gasteiger partial charge in [0, 0.05) is 16.4 Å². The number of halogens is 1. The molecule has 0 aliphatic carbocycles. The lowest BCUT2D eigenvalue weighted by molar-refractivity contribution is 0.0865. The second-order valence-electron chi connectivity index (χ2n) is 4.52. The predicted molar refractivity (Wildman–Crippen MR) is 79.9 cm³/mol. The number of nitrogens with zero attached hydrogens (tertiary/aromatic N) is 2. The van der Waals surface area contributed by atoms with Crippen LogP contribution in [0.25, 0.3) is 0 Å². The Morgan fingerprint density at radius 1 is 1.29 bits per heavy atom. The van der Waals surface area contributed by atoms with Crippen LogP contribution in [0.15, 0.2) is 46.0 Å². The highest BCUT2D eigenvalue weighted by Crippen LogP contribution is 2.31. The summed E-state index contributed by atoms with van der Waals surface area (Å²) in [5.74, 6) is -0.583. The van der Waals surface area contributed by atoms with Crippen LogP contribution in [0.3, 0.4) is 0 Å². The van der Waals surface area contributed by atoms with Gasteiger partial charge in [-0.1, -0.05) is 22.0 Å². The summed E-state index contributed by atoms with van der Waals surface area (Å²) in [6, 6.07) is 8.06. The van der Waals surface area contributed by atoms with E-state index in [1.807, 2.05) is 0 Å². The molecule has 1 amide bonds. The van der Waals surface area contributed by atoms with Gasteiger partial charge in [-0.05, 0) is 29.8 Å². The molecule has 2 aromatic rings. The minimum Gasteiger partial charge on any atom is -0.398 e. The van der Waals surface area contributed by atoms with Gasteiger partial charge in [0.25, 0.3) is 15.9 Å². The van der Waals surface area contributed by atoms with E-state index in [1.54, 1.807) is 18.2 Å². The maximum atomic E-state index is 12.4. The third-order valence-electron chi connectivity index (χ3n) is 3.18. The number of pyridine rings is 1. The zero-order valence-corrected chi connectivity index (χ0v) is 13.1. The third kappa shape index (κ3) is 2.20. The van der Waals surface area contributed by atoms with E-state index >= 15 is 0 Å². The number of fused-ring (bicyclic) bond motifs is 1. The van der Waals surface area contributed by atoms with Crippen molar-refractivity contribution in [3.63, 3.8) is 0 Å². The maximum absolute atomic E-state index is 12.4. The number of aromatic nitrogens is 1. The van der Waals surface area contributed by atoms with Crippen LogP contribution in [-0.4, -0.2) is 23.6 Å². The van der Waals surface area contributed by atoms with Crippen LogP contribution in [0.5, 0.6) is 0 Å². The molecule has 2 N–H and O–H groups in total. The highest BCUT2D eigenvalue weighted by molar-refractivity contribution is 9.10. The number of carbonyl (C=O) groups is 1. The van der Waals surface area contributed by atoms with Crippen LogP contribution in [0.1, 0.15) is 15.9 Å². The van der Waals surface area contributed by atoms with Gasteiger partial charge in [-0.3, -0.25) is 4.79 Å². The molecule has 21 heavy (non-hydrogen) atoms. The molecule has 2 heterocycles. The predicted octanol–water partition coefficient (Wildman–Crippen LogP) is 1.77. The average molecular weight is 368 g/mol. The molecular weight excluding hydrogens is 358 g/mol. The van der Waals surface area contributed by atoms with Crippen LogP contribution >= 0.6 is 15.9 Å². The number of benzene rings is 1. The van der Waals surface area contributed by atoms with Crippen molar-refractivity contribution in [2.45, 2.75) is 11.6 Å². The van der Waals surface area contributed by atoms with E-state index in [1.165, 1.54) is 18.3 Å². The van der Waals surface area contributed by atoms with Gasteiger partial charge in [0.1, 0.15) is 0 Å². The molecule has 0 fully saturated rings. The van der Waals surface area contributed by atoms with Crippen LogP contribution < -0.4 is 5.73 Å². The van der Waals surface area contributed by atoms with Crippen LogP contribution in [0, 0.1) is 0 Å². The van der Waals surface area contributed by atoms with Gasteiger partial charge >= 0.3 is 0 Å². The number of rotatable bonds is 2. The zero-order chi connectivity index (χ0) is 15.2. The molecule has 3 rings (SSSR count). The number of amides is 1. The van der Waals surface area contributed by atoms with Gasteiger partial charge in [-0.2, -0.15) is 8.42 Å². The molecule has 0 atom stereocenters. The Labute approximate surface area is 129 Å². The SMILES string of the molecule is Nc1cc(Br)ccc1CN1C(=O)c2cccnc2S1(=O)=O. The van der Waals surface area contributed by atoms with Crippen molar-refractivity contribution < 1.29 is 13.2 Å². The van der Waals surface area contributed by atoms with Crippen molar-refractivity contribution in [2.75, 3.05) is 5.73 Å². The molecule has 1 aliphatic rings. The molecule has 0 saturated heterocycles. The Hall–Kier alpha value is -1.93. The normalized spacial score (nSPS) is 16.0. The standard InChI is InChI=1S/C13H10BrN3O3S/c14-9-4-3-8(11(15)6-9)7-17-13(18)10-2-1-5-16-12(10)21(17,19)20/h1-6H,7,15H2. The Morgan fingerprint density at radius 2 is 2.05 bits per heavy atom. The largest absolute Gasteiger partial charge is 0.398 e. The Kier molecular flexibility index (Phi) is 3.22. The lowest BCUT2D eigenvalue weighted by atomic mass is 10.2. The van der Waals surface area contributed by atoms with Crippen molar-refractivity contribution in [3.8, 4) is 0 Å². The fourth-order valence-electron chi connectivity index (χ4n) is 2.13. The lowest BCUT2D eigenvalue weighted by Gasteiger charge is -2.16. The fraction of sp³-hybridized carbons (Fsp3) is 0.0769. The Bertz CT molecular complexity index is 851. The summed E-state index contributed by atoms with van der Waals surface area (Å²) < 4.78 is 26.3. The first-order chi connectivity index (χ1) is 9.91. The topological polar surface area (TPSA) is 93.4 Å². The molecule has 1 aromatic heterocycles. The first kappa shape index (κ1) is 14.0. The summed E-state index contributed by atoms with van der Waals surface area (Å²) in [7, 11) is -3.92. The summed E-state index contributed by atoms with van der Waals surface area (Å²) >= 11 is 3.28. The third-order valence-corrected chi connectivity index (χ3v) is 5.37. The van der Waals surface area contributed by atoms with Gasteiger partial charge < -0.3 is 5.73 Å². The van der Waals surface area contributed by atoms with Crippen LogP contribution in [0.2, 0.25) is 0 Å². The van der Waals surface area contributed by atoms with Crippen LogP contribution in [0.4, 0.5) is 5.69 Å². The molecule has 6 nitrogen and oxygen atoms in total. The summed E-state index contributed by atoms with van der Waals surface area (Å²) in [5.41, 5.74) is 6.92. The smallest absolute Gasteiger partial charge is 0.285 e. The van der Waals surface area contributed by atoms with Crippen molar-refractivity contribution in [1.29, 1.82) is 0 Å². The molecule has 1 aliphatic heterocycles. The van der Waals surface area contributed by atoms with Gasteiger partial charge in [0.15, 0.2) is 5.03 Å². The summed E-state index contributed by atoms with van der Waals surface area (Å²) in [6.07, 6.45) is 1.35. The molecule has 0 unspecified atom stereocenters. The molecule has 108 valence electrons. The number of hydrogen-bond acceptors (Lipinski definition) is 5. The number of nitrogen functional groups attached to an aromatic ring is 1. The molecule has 0 spiro atoms. The monoisotopic (exact) mass is 367 g/mol. The van der Waals surface area contributed by atoms with E-state index in [0.717, 1.165) is 8.78 Å². The number of sulfonamides is 1. The highest BCUT2D eigenvalue weighted by Gasteiger charge is 2.42. The molecule has 0 saturated carbocycles. The maximum Gasteiger partial charge on any atom is 0.285 e. The lowest BCUT2D eigenvalue weighted by Crippen LogP contribution is -2.29. The van der Waals surface area contributed by atoms with E-state index < -0.39 is 15.9 Å². The number of hydrogen-bond donors (Lipinski definition) is 1. The van der Waals surface area contributed by atoms with E-state index in [4.69, 9.17) is 5.73 Å². The van der Waals surface area contributed by atoms with Crippen molar-refractivity contribution in [2.24, 2.45) is 0 Å². The van der Waals surface area contributed by atoms with Gasteiger partial charge in [0.2, 0.25) is 0 Å². The number of nitrogens with two attached hydrogens (primary N) is 1. The van der Waals surface area contributed by atoms with Crippen molar-refractivity contribution >= 4 is 37.5 Å². The van der Waals surface area contributed by atoms with Crippen LogP contribution in [-0.2, 0) is 16.6 Å². The summed E-state index contributed by atoms with van der Waals surface area (Å²) in [4.78, 5) is 16.1. The van der Waals surface area contributed by atoms with Gasteiger partial charge in [-0.15, -0.1) is 0 Å². The quantitative estimate of drug-likeness (QED) is 0.816. The van der Waals surface area contributed by atoms with Crippen molar-refractivity contribution in [1.82, 2.24) is 9.29 Å². The minimum atomic E-state index is -3.92. The molecule has 8 heteroatoms. The second kappa shape index (κ2) is 4.81.